The second-order valence-corrected chi connectivity index (χ2v) is 5.81. The Bertz CT molecular complexity index is 173. The van der Waals surface area contributed by atoms with E-state index >= 15 is 0 Å². The number of nitrogens with zero attached hydrogens (tertiary/aromatic N) is 1. The number of hydrogen-bond donors (Lipinski definition) is 1. The van der Waals surface area contributed by atoms with Gasteiger partial charge in [0.25, 0.3) is 0 Å². The maximum atomic E-state index is 9.60. The van der Waals surface area contributed by atoms with Crippen LogP contribution in [0.4, 0.5) is 0 Å². The van der Waals surface area contributed by atoms with Gasteiger partial charge in [0.05, 0.1) is 0 Å². The van der Waals surface area contributed by atoms with E-state index in [2.05, 4.69) is 25.8 Å². The Morgan fingerprint density at radius 1 is 1.20 bits per heavy atom. The molecule has 2 heteroatoms. The SMILES string of the molecule is CC(C)CN(C)CC1(CO)CCCCC1. The summed E-state index contributed by atoms with van der Waals surface area (Å²) in [6, 6.07) is 0. The summed E-state index contributed by atoms with van der Waals surface area (Å²) < 4.78 is 0. The van der Waals surface area contributed by atoms with Gasteiger partial charge in [-0.25, -0.2) is 0 Å². The molecule has 0 aromatic rings. The van der Waals surface area contributed by atoms with Crippen LogP contribution in [0.2, 0.25) is 0 Å². The molecule has 0 bridgehead atoms. The first-order valence-electron chi connectivity index (χ1n) is 6.37. The molecule has 0 aromatic heterocycles. The van der Waals surface area contributed by atoms with Crippen molar-refractivity contribution in [2.45, 2.75) is 46.0 Å². The molecule has 0 aromatic carbocycles. The molecule has 1 aliphatic rings. The maximum Gasteiger partial charge on any atom is 0.0499 e. The van der Waals surface area contributed by atoms with Crippen LogP contribution in [-0.2, 0) is 0 Å². The van der Waals surface area contributed by atoms with Crippen LogP contribution in [0, 0.1) is 11.3 Å². The fourth-order valence-electron chi connectivity index (χ4n) is 2.93. The third kappa shape index (κ3) is 4.12. The van der Waals surface area contributed by atoms with Crippen LogP contribution < -0.4 is 0 Å². The van der Waals surface area contributed by atoms with Gasteiger partial charge in [-0.1, -0.05) is 33.1 Å². The molecule has 0 heterocycles. The van der Waals surface area contributed by atoms with Crippen molar-refractivity contribution in [3.8, 4) is 0 Å². The standard InChI is InChI=1S/C13H27NO/c1-12(2)9-14(3)10-13(11-15)7-5-4-6-8-13/h12,15H,4-11H2,1-3H3. The maximum absolute atomic E-state index is 9.60. The van der Waals surface area contributed by atoms with E-state index in [9.17, 15) is 5.11 Å². The smallest absolute Gasteiger partial charge is 0.0499 e. The van der Waals surface area contributed by atoms with E-state index < -0.39 is 0 Å². The lowest BCUT2D eigenvalue weighted by molar-refractivity contribution is 0.0455. The number of rotatable bonds is 5. The topological polar surface area (TPSA) is 23.5 Å². The van der Waals surface area contributed by atoms with E-state index in [0.717, 1.165) is 13.1 Å². The largest absolute Gasteiger partial charge is 0.396 e. The van der Waals surface area contributed by atoms with Crippen molar-refractivity contribution in [1.29, 1.82) is 0 Å². The summed E-state index contributed by atoms with van der Waals surface area (Å²) in [4.78, 5) is 2.40. The van der Waals surface area contributed by atoms with E-state index in [1.807, 2.05) is 0 Å². The highest BCUT2D eigenvalue weighted by Gasteiger charge is 2.32. The van der Waals surface area contributed by atoms with Gasteiger partial charge in [-0.15, -0.1) is 0 Å². The molecular weight excluding hydrogens is 186 g/mol. The number of hydrogen-bond acceptors (Lipinski definition) is 2. The third-order valence-corrected chi connectivity index (χ3v) is 3.53. The average molecular weight is 213 g/mol. The first-order valence-corrected chi connectivity index (χ1v) is 6.37. The molecule has 0 aliphatic heterocycles. The first-order chi connectivity index (χ1) is 7.08. The zero-order chi connectivity index (χ0) is 11.3. The Morgan fingerprint density at radius 3 is 2.27 bits per heavy atom. The fourth-order valence-corrected chi connectivity index (χ4v) is 2.93. The molecular formula is C13H27NO. The minimum absolute atomic E-state index is 0.210. The van der Waals surface area contributed by atoms with Gasteiger partial charge in [0.2, 0.25) is 0 Å². The second kappa shape index (κ2) is 5.86. The molecule has 1 aliphatic carbocycles. The minimum atomic E-state index is 0.210. The summed E-state index contributed by atoms with van der Waals surface area (Å²) >= 11 is 0. The summed E-state index contributed by atoms with van der Waals surface area (Å²) in [7, 11) is 2.19. The van der Waals surface area contributed by atoms with Crippen molar-refractivity contribution in [3.05, 3.63) is 0 Å². The molecule has 1 fully saturated rings. The molecule has 0 radical (unpaired) electrons. The number of aliphatic hydroxyl groups excluding tert-OH is 1. The molecule has 1 N–H and O–H groups in total. The van der Waals surface area contributed by atoms with E-state index in [1.165, 1.54) is 32.1 Å². The monoisotopic (exact) mass is 213 g/mol. The quantitative estimate of drug-likeness (QED) is 0.758. The Hall–Kier alpha value is -0.0800. The van der Waals surface area contributed by atoms with E-state index in [1.54, 1.807) is 0 Å². The van der Waals surface area contributed by atoms with E-state index in [4.69, 9.17) is 0 Å². The van der Waals surface area contributed by atoms with Gasteiger partial charge < -0.3 is 10.0 Å². The zero-order valence-electron chi connectivity index (χ0n) is 10.6. The fraction of sp³-hybridized carbons (Fsp3) is 1.00. The Balaban J connectivity index is 2.43. The molecule has 2 nitrogen and oxygen atoms in total. The van der Waals surface area contributed by atoms with Crippen molar-refractivity contribution >= 4 is 0 Å². The van der Waals surface area contributed by atoms with Gasteiger partial charge in [-0.3, -0.25) is 0 Å². The van der Waals surface area contributed by atoms with Crippen LogP contribution in [-0.4, -0.2) is 36.8 Å². The van der Waals surface area contributed by atoms with Gasteiger partial charge >= 0.3 is 0 Å². The Kier molecular flexibility index (Phi) is 5.07. The van der Waals surface area contributed by atoms with Crippen molar-refractivity contribution in [1.82, 2.24) is 4.90 Å². The number of aliphatic hydroxyl groups is 1. The van der Waals surface area contributed by atoms with Crippen LogP contribution in [0.5, 0.6) is 0 Å². The van der Waals surface area contributed by atoms with Crippen LogP contribution in [0.1, 0.15) is 46.0 Å². The predicted molar refractivity (Wildman–Crippen MR) is 64.9 cm³/mol. The van der Waals surface area contributed by atoms with Crippen molar-refractivity contribution < 1.29 is 5.11 Å². The lowest BCUT2D eigenvalue weighted by Gasteiger charge is -2.39. The highest BCUT2D eigenvalue weighted by atomic mass is 16.3. The molecule has 1 saturated carbocycles. The summed E-state index contributed by atoms with van der Waals surface area (Å²) in [5.74, 6) is 0.717. The van der Waals surface area contributed by atoms with Gasteiger partial charge in [-0.2, -0.15) is 0 Å². The molecule has 90 valence electrons. The lowest BCUT2D eigenvalue weighted by Crippen LogP contribution is -2.41. The second-order valence-electron chi connectivity index (χ2n) is 5.81. The Labute approximate surface area is 94.7 Å². The molecule has 15 heavy (non-hydrogen) atoms. The Morgan fingerprint density at radius 2 is 1.80 bits per heavy atom. The summed E-state index contributed by atoms with van der Waals surface area (Å²) in [5.41, 5.74) is 0.210. The summed E-state index contributed by atoms with van der Waals surface area (Å²) in [6.07, 6.45) is 6.39. The molecule has 0 saturated heterocycles. The van der Waals surface area contributed by atoms with Crippen molar-refractivity contribution in [2.75, 3.05) is 26.7 Å². The summed E-state index contributed by atoms with van der Waals surface area (Å²) in [5, 5.41) is 9.60. The molecule has 0 amide bonds. The first kappa shape index (κ1) is 13.0. The molecule has 0 spiro atoms. The lowest BCUT2D eigenvalue weighted by atomic mass is 9.74. The highest BCUT2D eigenvalue weighted by Crippen LogP contribution is 2.36. The van der Waals surface area contributed by atoms with E-state index in [-0.39, 0.29) is 5.41 Å². The van der Waals surface area contributed by atoms with Gasteiger partial charge in [0.1, 0.15) is 0 Å². The van der Waals surface area contributed by atoms with Gasteiger partial charge in [0, 0.05) is 25.1 Å². The third-order valence-electron chi connectivity index (χ3n) is 3.53. The van der Waals surface area contributed by atoms with Crippen LogP contribution in [0.3, 0.4) is 0 Å². The van der Waals surface area contributed by atoms with Gasteiger partial charge in [-0.05, 0) is 25.8 Å². The van der Waals surface area contributed by atoms with Crippen LogP contribution in [0.15, 0.2) is 0 Å². The summed E-state index contributed by atoms with van der Waals surface area (Å²) in [6.45, 7) is 7.09. The zero-order valence-corrected chi connectivity index (χ0v) is 10.6. The molecule has 1 rings (SSSR count). The highest BCUT2D eigenvalue weighted by molar-refractivity contribution is 4.84. The molecule has 0 unspecified atom stereocenters. The normalized spacial score (nSPS) is 21.2. The van der Waals surface area contributed by atoms with Crippen LogP contribution in [0.25, 0.3) is 0 Å². The van der Waals surface area contributed by atoms with Crippen molar-refractivity contribution in [3.63, 3.8) is 0 Å². The predicted octanol–water partition coefficient (Wildman–Crippen LogP) is 2.52. The van der Waals surface area contributed by atoms with E-state index in [0.29, 0.717) is 12.5 Å². The molecule has 0 atom stereocenters. The van der Waals surface area contributed by atoms with Crippen LogP contribution >= 0.6 is 0 Å². The van der Waals surface area contributed by atoms with Gasteiger partial charge in [0.15, 0.2) is 0 Å². The van der Waals surface area contributed by atoms with Crippen molar-refractivity contribution in [2.24, 2.45) is 11.3 Å². The minimum Gasteiger partial charge on any atom is -0.396 e. The average Bonchev–Trinajstić information content (AvgIpc) is 2.17.